The summed E-state index contributed by atoms with van der Waals surface area (Å²) in [4.78, 5) is 8.09. The van der Waals surface area contributed by atoms with E-state index in [2.05, 4.69) is 272 Å². The van der Waals surface area contributed by atoms with Crippen LogP contribution in [0.2, 0.25) is 0 Å². The Morgan fingerprint density at radius 1 is 0.405 bits per heavy atom. The van der Waals surface area contributed by atoms with E-state index in [0.717, 1.165) is 12.8 Å². The lowest BCUT2D eigenvalue weighted by molar-refractivity contribution is 0.215. The van der Waals surface area contributed by atoms with Crippen LogP contribution in [0.5, 0.6) is 0 Å². The normalized spacial score (nSPS) is 19.5. The van der Waals surface area contributed by atoms with E-state index in [1.165, 1.54) is 119 Å². The van der Waals surface area contributed by atoms with Gasteiger partial charge in [-0.05, 0) is 169 Å². The van der Waals surface area contributed by atoms with Crippen molar-refractivity contribution < 1.29 is 0 Å². The largest absolute Gasteiger partial charge is 0.334 e. The molecule has 0 radical (unpaired) electrons. The van der Waals surface area contributed by atoms with E-state index in [9.17, 15) is 0 Å². The van der Waals surface area contributed by atoms with Gasteiger partial charge < -0.3 is 14.7 Å². The Morgan fingerprint density at radius 2 is 0.919 bits per heavy atom. The zero-order chi connectivity index (χ0) is 52.9. The lowest BCUT2D eigenvalue weighted by Gasteiger charge is -2.52. The molecular formula is C70H82BN3. The first-order valence-corrected chi connectivity index (χ1v) is 27.9. The smallest absolute Gasteiger partial charge is 0.252 e. The second kappa shape index (κ2) is 16.8. The first-order chi connectivity index (χ1) is 34.6. The highest BCUT2D eigenvalue weighted by Crippen LogP contribution is 2.64. The van der Waals surface area contributed by atoms with Crippen molar-refractivity contribution in [3.8, 4) is 0 Å². The summed E-state index contributed by atoms with van der Waals surface area (Å²) in [6, 6.07) is 56.2. The summed E-state index contributed by atoms with van der Waals surface area (Å²) in [7, 11) is 0. The molecule has 0 amide bonds. The molecule has 1 fully saturated rings. The topological polar surface area (TPSA) is 9.72 Å². The Morgan fingerprint density at radius 3 is 1.51 bits per heavy atom. The Balaban J connectivity index is 1.20. The van der Waals surface area contributed by atoms with Crippen LogP contribution in [0.25, 0.3) is 0 Å². The molecular weight excluding hydrogens is 894 g/mol. The quantitative estimate of drug-likeness (QED) is 0.163. The molecule has 1 aliphatic carbocycles. The minimum absolute atomic E-state index is 0.00224. The summed E-state index contributed by atoms with van der Waals surface area (Å²) in [5, 5.41) is 0. The van der Waals surface area contributed by atoms with Crippen LogP contribution in [0.15, 0.2) is 140 Å². The van der Waals surface area contributed by atoms with E-state index in [1.54, 1.807) is 0 Å². The van der Waals surface area contributed by atoms with Crippen molar-refractivity contribution in [3.63, 3.8) is 0 Å². The Bertz CT molecular complexity index is 3340. The van der Waals surface area contributed by atoms with Crippen molar-refractivity contribution in [2.45, 2.75) is 181 Å². The Hall–Kier alpha value is -6.00. The lowest BCUT2D eigenvalue weighted by atomic mass is 9.33. The zero-order valence-electron chi connectivity index (χ0n) is 48.0. The highest BCUT2D eigenvalue weighted by atomic mass is 15.3. The van der Waals surface area contributed by atoms with Crippen LogP contribution in [0.1, 0.15) is 181 Å². The highest BCUT2D eigenvalue weighted by Gasteiger charge is 2.61. The molecule has 7 aromatic rings. The minimum Gasteiger partial charge on any atom is -0.334 e. The molecule has 380 valence electrons. The fourth-order valence-electron chi connectivity index (χ4n) is 13.7. The average molecular weight is 976 g/mol. The Labute approximate surface area is 446 Å². The van der Waals surface area contributed by atoms with Crippen LogP contribution < -0.4 is 31.1 Å². The van der Waals surface area contributed by atoms with Gasteiger partial charge in [0.05, 0.1) is 5.54 Å². The van der Waals surface area contributed by atoms with Crippen LogP contribution in [-0.4, -0.2) is 12.3 Å². The maximum Gasteiger partial charge on any atom is 0.252 e. The van der Waals surface area contributed by atoms with Gasteiger partial charge in [0, 0.05) is 50.9 Å². The molecule has 4 aliphatic rings. The molecule has 0 bridgehead atoms. The Kier molecular flexibility index (Phi) is 11.4. The summed E-state index contributed by atoms with van der Waals surface area (Å²) in [5.41, 5.74) is 24.8. The third kappa shape index (κ3) is 7.73. The number of aryl methyl sites for hydroxylation is 1. The number of anilines is 8. The van der Waals surface area contributed by atoms with E-state index >= 15 is 0 Å². The van der Waals surface area contributed by atoms with E-state index in [-0.39, 0.29) is 44.7 Å². The van der Waals surface area contributed by atoms with Gasteiger partial charge >= 0.3 is 0 Å². The number of rotatable bonds is 4. The standard InChI is InChI=1S/C70H82BN3/c1-45-40-49(66(8,9)10)30-36-57(45)73-59-37-31-50(67(11,12)13)41-56(59)71-55-35-34-53(44-60(55)72(52-32-28-47(29-33-52)65(5,6)7)61-42-51(68(14,15)16)43-62(73)63(61)71)74-58-23-19-18-22-54(58)70(39-21-20-38-69(70,74)17)48-26-24-46(25-27-48)64(2,3)4/h18-19,22-37,40-44H,20-21,38-39H2,1-17H3. The number of nitrogens with zero attached hydrogens (tertiary/aromatic N) is 3. The van der Waals surface area contributed by atoms with Crippen LogP contribution >= 0.6 is 0 Å². The molecule has 3 heterocycles. The maximum atomic E-state index is 2.80. The van der Waals surface area contributed by atoms with Crippen molar-refractivity contribution in [2.75, 3.05) is 14.7 Å². The van der Waals surface area contributed by atoms with Crippen molar-refractivity contribution >= 4 is 68.6 Å². The summed E-state index contributed by atoms with van der Waals surface area (Å²) >= 11 is 0. The van der Waals surface area contributed by atoms with Gasteiger partial charge in [0.15, 0.2) is 0 Å². The van der Waals surface area contributed by atoms with Crippen molar-refractivity contribution in [1.29, 1.82) is 0 Å². The maximum absolute atomic E-state index is 2.80. The predicted molar refractivity (Wildman–Crippen MR) is 321 cm³/mol. The molecule has 4 heteroatoms. The first kappa shape index (κ1) is 50.2. The van der Waals surface area contributed by atoms with E-state index in [1.807, 2.05) is 0 Å². The van der Waals surface area contributed by atoms with Gasteiger partial charge in [-0.15, -0.1) is 0 Å². The van der Waals surface area contributed by atoms with Crippen molar-refractivity contribution in [1.82, 2.24) is 0 Å². The zero-order valence-corrected chi connectivity index (χ0v) is 48.0. The summed E-state index contributed by atoms with van der Waals surface area (Å²) in [6.45, 7) is 40.1. The molecule has 2 unspecified atom stereocenters. The minimum atomic E-state index is -0.204. The summed E-state index contributed by atoms with van der Waals surface area (Å²) < 4.78 is 0. The van der Waals surface area contributed by atoms with Gasteiger partial charge in [-0.25, -0.2) is 0 Å². The number of hydrogen-bond donors (Lipinski definition) is 0. The van der Waals surface area contributed by atoms with Crippen LogP contribution in [-0.2, 0) is 32.5 Å². The highest BCUT2D eigenvalue weighted by molar-refractivity contribution is 7.00. The second-order valence-electron chi connectivity index (χ2n) is 28.2. The third-order valence-electron chi connectivity index (χ3n) is 18.1. The monoisotopic (exact) mass is 976 g/mol. The van der Waals surface area contributed by atoms with Crippen LogP contribution in [0, 0.1) is 6.92 Å². The number of fused-ring (bicyclic) bond motifs is 7. The molecule has 0 aromatic heterocycles. The molecule has 74 heavy (non-hydrogen) atoms. The van der Waals surface area contributed by atoms with Crippen LogP contribution in [0.3, 0.4) is 0 Å². The third-order valence-corrected chi connectivity index (χ3v) is 18.1. The molecule has 1 saturated carbocycles. The SMILES string of the molecule is Cc1cc(C(C)(C)C)ccc1N1c2ccc(C(C)(C)C)cc2B2c3ccc(N4c5ccccc5C5(c6ccc(C(C)(C)C)cc6)CCCCC45C)cc3N(c3ccc(C(C)(C)C)cc3)c3cc(C(C)(C)C)cc1c32. The first-order valence-electron chi connectivity index (χ1n) is 27.9. The van der Waals surface area contributed by atoms with Gasteiger partial charge in [0.1, 0.15) is 0 Å². The van der Waals surface area contributed by atoms with E-state index < -0.39 is 0 Å². The molecule has 2 atom stereocenters. The average Bonchev–Trinajstić information content (AvgIpc) is 3.57. The number of para-hydroxylation sites is 1. The lowest BCUT2D eigenvalue weighted by Crippen LogP contribution is -2.62. The number of benzene rings is 7. The molecule has 7 aromatic carbocycles. The summed E-state index contributed by atoms with van der Waals surface area (Å²) in [6.07, 6.45) is 4.65. The van der Waals surface area contributed by atoms with Gasteiger partial charge in [-0.1, -0.05) is 202 Å². The fraction of sp³-hybridized carbons (Fsp3) is 0.400. The number of hydrogen-bond acceptors (Lipinski definition) is 3. The molecule has 3 nitrogen and oxygen atoms in total. The van der Waals surface area contributed by atoms with Crippen LogP contribution in [0.4, 0.5) is 45.5 Å². The second-order valence-corrected chi connectivity index (χ2v) is 28.2. The summed E-state index contributed by atoms with van der Waals surface area (Å²) in [5.74, 6) is 0. The van der Waals surface area contributed by atoms with E-state index in [0.29, 0.717) is 0 Å². The predicted octanol–water partition coefficient (Wildman–Crippen LogP) is 17.3. The molecule has 3 aliphatic heterocycles. The molecule has 0 spiro atoms. The van der Waals surface area contributed by atoms with E-state index in [4.69, 9.17) is 0 Å². The van der Waals surface area contributed by atoms with Gasteiger partial charge in [0.2, 0.25) is 0 Å². The molecule has 0 N–H and O–H groups in total. The van der Waals surface area contributed by atoms with Gasteiger partial charge in [-0.3, -0.25) is 0 Å². The van der Waals surface area contributed by atoms with Gasteiger partial charge in [0.25, 0.3) is 6.71 Å². The van der Waals surface area contributed by atoms with Gasteiger partial charge in [-0.2, -0.15) is 0 Å². The van der Waals surface area contributed by atoms with Crippen molar-refractivity contribution in [2.24, 2.45) is 0 Å². The molecule has 0 saturated heterocycles. The fourth-order valence-corrected chi connectivity index (χ4v) is 13.7. The van der Waals surface area contributed by atoms with Crippen molar-refractivity contribution in [3.05, 3.63) is 184 Å². The molecule has 11 rings (SSSR count).